The highest BCUT2D eigenvalue weighted by molar-refractivity contribution is 5.93. The summed E-state index contributed by atoms with van der Waals surface area (Å²) in [4.78, 5) is 21.8. The molecule has 0 spiro atoms. The number of benzene rings is 1. The van der Waals surface area contributed by atoms with E-state index >= 15 is 0 Å². The van der Waals surface area contributed by atoms with Crippen LogP contribution in [0.2, 0.25) is 0 Å². The quantitative estimate of drug-likeness (QED) is 0.791. The fourth-order valence-electron chi connectivity index (χ4n) is 1.17. The van der Waals surface area contributed by atoms with Crippen LogP contribution >= 0.6 is 0 Å². The Bertz CT molecular complexity index is 374. The molecule has 1 aromatic rings. The predicted molar refractivity (Wildman–Crippen MR) is 54.3 cm³/mol. The van der Waals surface area contributed by atoms with Gasteiger partial charge in [0.2, 0.25) is 5.91 Å². The second-order valence-corrected chi connectivity index (χ2v) is 3.17. The molecular formula is C11H12NO3-. The lowest BCUT2D eigenvalue weighted by Gasteiger charge is -2.07. The second kappa shape index (κ2) is 5.14. The molecule has 80 valence electrons. The first-order chi connectivity index (χ1) is 7.13. The van der Waals surface area contributed by atoms with Crippen LogP contribution in [0.4, 0.5) is 5.69 Å². The van der Waals surface area contributed by atoms with E-state index in [1.807, 2.05) is 6.92 Å². The summed E-state index contributed by atoms with van der Waals surface area (Å²) in [6.45, 7) is 1.90. The molecule has 15 heavy (non-hydrogen) atoms. The molecule has 0 aromatic heterocycles. The highest BCUT2D eigenvalue weighted by Crippen LogP contribution is 2.10. The minimum Gasteiger partial charge on any atom is -0.545 e. The average molecular weight is 206 g/mol. The summed E-state index contributed by atoms with van der Waals surface area (Å²) in [7, 11) is 0. The minimum absolute atomic E-state index is 0.0595. The Kier molecular flexibility index (Phi) is 3.85. The molecule has 0 aliphatic heterocycles. The van der Waals surface area contributed by atoms with Crippen LogP contribution in [-0.2, 0) is 4.79 Å². The highest BCUT2D eigenvalue weighted by atomic mass is 16.4. The summed E-state index contributed by atoms with van der Waals surface area (Å²) in [6.07, 6.45) is 1.18. The lowest BCUT2D eigenvalue weighted by molar-refractivity contribution is -0.255. The molecular weight excluding hydrogens is 194 g/mol. The van der Waals surface area contributed by atoms with Crippen LogP contribution in [0, 0.1) is 0 Å². The molecule has 0 fully saturated rings. The molecule has 1 aromatic carbocycles. The zero-order valence-corrected chi connectivity index (χ0v) is 8.45. The minimum atomic E-state index is -1.25. The molecule has 0 radical (unpaired) electrons. The van der Waals surface area contributed by atoms with Gasteiger partial charge in [-0.25, -0.2) is 0 Å². The summed E-state index contributed by atoms with van der Waals surface area (Å²) >= 11 is 0. The second-order valence-electron chi connectivity index (χ2n) is 3.17. The normalized spacial score (nSPS) is 9.67. The maximum absolute atomic E-state index is 11.2. The van der Waals surface area contributed by atoms with Crippen molar-refractivity contribution in [3.05, 3.63) is 29.8 Å². The molecule has 0 aliphatic rings. The van der Waals surface area contributed by atoms with Gasteiger partial charge in [-0.2, -0.15) is 0 Å². The van der Waals surface area contributed by atoms with Gasteiger partial charge in [-0.15, -0.1) is 0 Å². The first-order valence-corrected chi connectivity index (χ1v) is 4.74. The van der Waals surface area contributed by atoms with Crippen molar-refractivity contribution in [3.8, 4) is 0 Å². The fraction of sp³-hybridized carbons (Fsp3) is 0.273. The SMILES string of the molecule is CCCC(=O)Nc1cccc(C(=O)[O-])c1. The number of rotatable bonds is 4. The number of carboxylic acids is 1. The number of amides is 1. The van der Waals surface area contributed by atoms with Gasteiger partial charge >= 0.3 is 0 Å². The van der Waals surface area contributed by atoms with Crippen molar-refractivity contribution < 1.29 is 14.7 Å². The van der Waals surface area contributed by atoms with Crippen LogP contribution < -0.4 is 10.4 Å². The molecule has 1 N–H and O–H groups in total. The Labute approximate surface area is 87.9 Å². The van der Waals surface area contributed by atoms with Gasteiger partial charge in [0.05, 0.1) is 5.97 Å². The molecule has 0 atom stereocenters. The van der Waals surface area contributed by atoms with Crippen molar-refractivity contribution in [2.24, 2.45) is 0 Å². The van der Waals surface area contributed by atoms with Crippen LogP contribution in [-0.4, -0.2) is 11.9 Å². The van der Waals surface area contributed by atoms with Gasteiger partial charge in [0, 0.05) is 12.1 Å². The lowest BCUT2D eigenvalue weighted by Crippen LogP contribution is -2.22. The van der Waals surface area contributed by atoms with E-state index in [1.54, 1.807) is 12.1 Å². The Morgan fingerprint density at radius 3 is 2.73 bits per heavy atom. The zero-order chi connectivity index (χ0) is 11.3. The highest BCUT2D eigenvalue weighted by Gasteiger charge is 2.01. The van der Waals surface area contributed by atoms with Crippen LogP contribution in [0.15, 0.2) is 24.3 Å². The zero-order valence-electron chi connectivity index (χ0n) is 8.45. The van der Waals surface area contributed by atoms with Crippen molar-refractivity contribution in [3.63, 3.8) is 0 Å². The number of hydrogen-bond acceptors (Lipinski definition) is 3. The summed E-state index contributed by atoms with van der Waals surface area (Å²) < 4.78 is 0. The van der Waals surface area contributed by atoms with Gasteiger partial charge in [-0.3, -0.25) is 4.79 Å². The van der Waals surface area contributed by atoms with E-state index in [4.69, 9.17) is 0 Å². The summed E-state index contributed by atoms with van der Waals surface area (Å²) in [6, 6.07) is 6.00. The number of nitrogens with one attached hydrogen (secondary N) is 1. The molecule has 0 bridgehead atoms. The number of aromatic carboxylic acids is 1. The molecule has 0 saturated heterocycles. The van der Waals surface area contributed by atoms with E-state index in [0.29, 0.717) is 12.1 Å². The Balaban J connectivity index is 2.73. The van der Waals surface area contributed by atoms with E-state index < -0.39 is 5.97 Å². The van der Waals surface area contributed by atoms with Crippen molar-refractivity contribution >= 4 is 17.6 Å². The molecule has 4 nitrogen and oxygen atoms in total. The van der Waals surface area contributed by atoms with Crippen molar-refractivity contribution in [1.82, 2.24) is 0 Å². The largest absolute Gasteiger partial charge is 0.545 e. The van der Waals surface area contributed by atoms with Gasteiger partial charge in [-0.05, 0) is 24.1 Å². The van der Waals surface area contributed by atoms with Gasteiger partial charge in [0.25, 0.3) is 0 Å². The Hall–Kier alpha value is -1.84. The summed E-state index contributed by atoms with van der Waals surface area (Å²) in [5.41, 5.74) is 0.541. The van der Waals surface area contributed by atoms with Gasteiger partial charge in [-0.1, -0.05) is 19.1 Å². The number of anilines is 1. The first kappa shape index (κ1) is 11.2. The standard InChI is InChI=1S/C11H13NO3/c1-2-4-10(13)12-9-6-3-5-8(7-9)11(14)15/h3,5-7H,2,4H2,1H3,(H,12,13)(H,14,15)/p-1. The van der Waals surface area contributed by atoms with Crippen molar-refractivity contribution in [2.45, 2.75) is 19.8 Å². The number of hydrogen-bond donors (Lipinski definition) is 1. The number of carbonyl (C=O) groups excluding carboxylic acids is 2. The van der Waals surface area contributed by atoms with Crippen LogP contribution in [0.1, 0.15) is 30.1 Å². The van der Waals surface area contributed by atoms with E-state index in [-0.39, 0.29) is 11.5 Å². The van der Waals surface area contributed by atoms with E-state index in [0.717, 1.165) is 6.42 Å². The molecule has 4 heteroatoms. The monoisotopic (exact) mass is 206 g/mol. The third-order valence-electron chi connectivity index (χ3n) is 1.86. The number of carboxylic acid groups (broad SMARTS) is 1. The topological polar surface area (TPSA) is 69.2 Å². The maximum Gasteiger partial charge on any atom is 0.224 e. The van der Waals surface area contributed by atoms with Gasteiger partial charge in [0.1, 0.15) is 0 Å². The molecule has 0 unspecified atom stereocenters. The van der Waals surface area contributed by atoms with Gasteiger partial charge in [0.15, 0.2) is 0 Å². The molecule has 0 heterocycles. The van der Waals surface area contributed by atoms with E-state index in [2.05, 4.69) is 5.32 Å². The van der Waals surface area contributed by atoms with Crippen LogP contribution in [0.3, 0.4) is 0 Å². The predicted octanol–water partition coefficient (Wildman–Crippen LogP) is 0.789. The summed E-state index contributed by atoms with van der Waals surface area (Å²) in [5, 5.41) is 13.1. The molecule has 1 amide bonds. The van der Waals surface area contributed by atoms with E-state index in [1.165, 1.54) is 12.1 Å². The van der Waals surface area contributed by atoms with Crippen molar-refractivity contribution in [1.29, 1.82) is 0 Å². The fourth-order valence-corrected chi connectivity index (χ4v) is 1.17. The van der Waals surface area contributed by atoms with E-state index in [9.17, 15) is 14.7 Å². The van der Waals surface area contributed by atoms with Crippen molar-refractivity contribution in [2.75, 3.05) is 5.32 Å². The van der Waals surface area contributed by atoms with Crippen LogP contribution in [0.5, 0.6) is 0 Å². The van der Waals surface area contributed by atoms with Crippen LogP contribution in [0.25, 0.3) is 0 Å². The average Bonchev–Trinajstić information content (AvgIpc) is 2.18. The maximum atomic E-state index is 11.2. The number of carbonyl (C=O) groups is 2. The lowest BCUT2D eigenvalue weighted by atomic mass is 10.2. The molecule has 1 rings (SSSR count). The molecule has 0 aliphatic carbocycles. The third-order valence-corrected chi connectivity index (χ3v) is 1.86. The molecule has 0 saturated carbocycles. The smallest absolute Gasteiger partial charge is 0.224 e. The third kappa shape index (κ3) is 3.42. The first-order valence-electron chi connectivity index (χ1n) is 4.74. The Morgan fingerprint density at radius 2 is 2.13 bits per heavy atom. The summed E-state index contributed by atoms with van der Waals surface area (Å²) in [5.74, 6) is -1.37. The Morgan fingerprint density at radius 1 is 1.40 bits per heavy atom. The van der Waals surface area contributed by atoms with Gasteiger partial charge < -0.3 is 15.2 Å².